The molecule has 1 N–H and O–H groups in total. The zero-order valence-corrected chi connectivity index (χ0v) is 19.3. The van der Waals surface area contributed by atoms with E-state index in [2.05, 4.69) is 5.32 Å². The van der Waals surface area contributed by atoms with E-state index in [1.807, 2.05) is 72.6 Å². The molecule has 0 saturated heterocycles. The summed E-state index contributed by atoms with van der Waals surface area (Å²) in [5, 5.41) is 4.24. The van der Waals surface area contributed by atoms with Gasteiger partial charge in [-0.1, -0.05) is 48.5 Å². The van der Waals surface area contributed by atoms with E-state index in [0.717, 1.165) is 22.3 Å². The van der Waals surface area contributed by atoms with Gasteiger partial charge in [0, 0.05) is 26.5 Å². The van der Waals surface area contributed by atoms with Crippen molar-refractivity contribution >= 4 is 46.8 Å². The van der Waals surface area contributed by atoms with Crippen LogP contribution in [0, 0.1) is 0 Å². The van der Waals surface area contributed by atoms with E-state index >= 15 is 0 Å². The number of benzene rings is 2. The van der Waals surface area contributed by atoms with Crippen molar-refractivity contribution < 1.29 is 9.21 Å². The molecule has 0 spiro atoms. The summed E-state index contributed by atoms with van der Waals surface area (Å²) in [5.41, 5.74) is 1.97. The number of nitrogens with zero attached hydrogens (tertiary/aromatic N) is 3. The Balaban J connectivity index is 0.00000300. The Morgan fingerprint density at radius 3 is 2.41 bits per heavy atom. The SMILES string of the molecule is CN(C)C(=O)CNC(=NCc1ccccc1)N(C)Cc1cc2ccccc2o1.I. The molecule has 1 amide bonds. The summed E-state index contributed by atoms with van der Waals surface area (Å²) in [6.45, 7) is 1.26. The number of rotatable bonds is 6. The van der Waals surface area contributed by atoms with Gasteiger partial charge in [0.2, 0.25) is 5.91 Å². The Morgan fingerprint density at radius 1 is 1.03 bits per heavy atom. The quantitative estimate of drug-likeness (QED) is 0.315. The molecule has 3 aromatic rings. The number of fused-ring (bicyclic) bond motifs is 1. The fourth-order valence-electron chi connectivity index (χ4n) is 2.80. The maximum absolute atomic E-state index is 12.0. The first-order valence-electron chi connectivity index (χ1n) is 9.24. The summed E-state index contributed by atoms with van der Waals surface area (Å²) >= 11 is 0. The molecule has 0 atom stereocenters. The first-order chi connectivity index (χ1) is 13.5. The Morgan fingerprint density at radius 2 is 1.72 bits per heavy atom. The lowest BCUT2D eigenvalue weighted by Gasteiger charge is -2.22. The van der Waals surface area contributed by atoms with E-state index in [1.165, 1.54) is 0 Å². The summed E-state index contributed by atoms with van der Waals surface area (Å²) in [6.07, 6.45) is 0. The molecule has 3 rings (SSSR count). The van der Waals surface area contributed by atoms with Crippen molar-refractivity contribution in [3.8, 4) is 0 Å². The summed E-state index contributed by atoms with van der Waals surface area (Å²) < 4.78 is 5.92. The lowest BCUT2D eigenvalue weighted by molar-refractivity contribution is -0.127. The third-order valence-electron chi connectivity index (χ3n) is 4.38. The van der Waals surface area contributed by atoms with Crippen LogP contribution >= 0.6 is 24.0 Å². The van der Waals surface area contributed by atoms with Gasteiger partial charge in [0.1, 0.15) is 11.3 Å². The van der Waals surface area contributed by atoms with E-state index in [1.54, 1.807) is 19.0 Å². The van der Waals surface area contributed by atoms with Crippen molar-refractivity contribution in [1.82, 2.24) is 15.1 Å². The van der Waals surface area contributed by atoms with Gasteiger partial charge in [-0.15, -0.1) is 24.0 Å². The number of aliphatic imine (C=N–C) groups is 1. The number of guanidine groups is 1. The van der Waals surface area contributed by atoms with Crippen molar-refractivity contribution in [2.75, 3.05) is 27.7 Å². The molecule has 0 radical (unpaired) electrons. The molecule has 0 bridgehead atoms. The molecule has 0 aliphatic carbocycles. The minimum Gasteiger partial charge on any atom is -0.459 e. The standard InChI is InChI=1S/C22H26N4O2.HI/c1-25(2)21(27)15-24-22(23-14-17-9-5-4-6-10-17)26(3)16-19-13-18-11-7-8-12-20(18)28-19;/h4-13H,14-16H2,1-3H3,(H,23,24);1H. The zero-order valence-electron chi connectivity index (χ0n) is 17.0. The topological polar surface area (TPSA) is 61.1 Å². The van der Waals surface area contributed by atoms with Gasteiger partial charge < -0.3 is 19.5 Å². The van der Waals surface area contributed by atoms with Crippen LogP contribution in [0.25, 0.3) is 11.0 Å². The van der Waals surface area contributed by atoms with Crippen molar-refractivity contribution in [2.45, 2.75) is 13.1 Å². The summed E-state index contributed by atoms with van der Waals surface area (Å²) in [5.74, 6) is 1.49. The van der Waals surface area contributed by atoms with Gasteiger partial charge in [-0.2, -0.15) is 0 Å². The molecule has 2 aromatic carbocycles. The van der Waals surface area contributed by atoms with Gasteiger partial charge in [0.25, 0.3) is 0 Å². The molecule has 0 aliphatic heterocycles. The lowest BCUT2D eigenvalue weighted by Crippen LogP contribution is -2.43. The number of hydrogen-bond donors (Lipinski definition) is 1. The zero-order chi connectivity index (χ0) is 19.9. The number of furan rings is 1. The monoisotopic (exact) mass is 506 g/mol. The molecule has 0 aliphatic rings. The predicted molar refractivity (Wildman–Crippen MR) is 127 cm³/mol. The summed E-state index contributed by atoms with van der Waals surface area (Å²) in [6, 6.07) is 20.0. The molecule has 29 heavy (non-hydrogen) atoms. The number of amides is 1. The van der Waals surface area contributed by atoms with E-state index in [0.29, 0.717) is 19.0 Å². The van der Waals surface area contributed by atoms with Gasteiger partial charge >= 0.3 is 0 Å². The highest BCUT2D eigenvalue weighted by Crippen LogP contribution is 2.19. The second-order valence-electron chi connectivity index (χ2n) is 6.87. The lowest BCUT2D eigenvalue weighted by atomic mass is 10.2. The number of nitrogens with one attached hydrogen (secondary N) is 1. The van der Waals surface area contributed by atoms with Crippen LogP contribution in [-0.2, 0) is 17.9 Å². The Bertz CT molecular complexity index is 921. The highest BCUT2D eigenvalue weighted by atomic mass is 127. The highest BCUT2D eigenvalue weighted by Gasteiger charge is 2.13. The second kappa shape index (κ2) is 10.8. The van der Waals surface area contributed by atoms with Crippen LogP contribution in [0.1, 0.15) is 11.3 Å². The number of carbonyl (C=O) groups is 1. The molecule has 6 nitrogen and oxygen atoms in total. The number of hydrogen-bond acceptors (Lipinski definition) is 3. The predicted octanol–water partition coefficient (Wildman–Crippen LogP) is 3.72. The molecule has 0 fully saturated rings. The van der Waals surface area contributed by atoms with E-state index in [-0.39, 0.29) is 36.4 Å². The fourth-order valence-corrected chi connectivity index (χ4v) is 2.80. The van der Waals surface area contributed by atoms with Crippen molar-refractivity contribution in [1.29, 1.82) is 0 Å². The third kappa shape index (κ3) is 6.49. The molecule has 1 heterocycles. The first kappa shape index (κ1) is 22.7. The molecular weight excluding hydrogens is 479 g/mol. The molecule has 0 unspecified atom stereocenters. The maximum atomic E-state index is 12.0. The number of likely N-dealkylation sites (N-methyl/N-ethyl adjacent to an activating group) is 1. The summed E-state index contributed by atoms with van der Waals surface area (Å²) in [4.78, 5) is 20.2. The molecule has 0 saturated carbocycles. The average Bonchev–Trinajstić information content (AvgIpc) is 3.10. The van der Waals surface area contributed by atoms with Crippen LogP contribution in [0.2, 0.25) is 0 Å². The van der Waals surface area contributed by atoms with Gasteiger partial charge in [-0.05, 0) is 17.7 Å². The summed E-state index contributed by atoms with van der Waals surface area (Å²) in [7, 11) is 5.41. The van der Waals surface area contributed by atoms with Crippen molar-refractivity contribution in [3.05, 3.63) is 72.0 Å². The van der Waals surface area contributed by atoms with E-state index < -0.39 is 0 Å². The Kier molecular flexibility index (Phi) is 8.50. The number of para-hydroxylation sites is 1. The third-order valence-corrected chi connectivity index (χ3v) is 4.38. The fraction of sp³-hybridized carbons (Fsp3) is 0.273. The highest BCUT2D eigenvalue weighted by molar-refractivity contribution is 14.0. The van der Waals surface area contributed by atoms with Crippen LogP contribution in [0.4, 0.5) is 0 Å². The molecule has 1 aromatic heterocycles. The Hall–Kier alpha value is -2.55. The van der Waals surface area contributed by atoms with E-state index in [4.69, 9.17) is 9.41 Å². The van der Waals surface area contributed by atoms with Gasteiger partial charge in [-0.3, -0.25) is 4.79 Å². The minimum absolute atomic E-state index is 0. The molecule has 154 valence electrons. The smallest absolute Gasteiger partial charge is 0.241 e. The number of halogens is 1. The van der Waals surface area contributed by atoms with E-state index in [9.17, 15) is 4.79 Å². The molecular formula is C22H27IN4O2. The van der Waals surface area contributed by atoms with Crippen molar-refractivity contribution in [3.63, 3.8) is 0 Å². The van der Waals surface area contributed by atoms with Gasteiger partial charge in [-0.25, -0.2) is 4.99 Å². The van der Waals surface area contributed by atoms with Crippen molar-refractivity contribution in [2.24, 2.45) is 4.99 Å². The van der Waals surface area contributed by atoms with Crippen LogP contribution in [0.15, 0.2) is 70.1 Å². The van der Waals surface area contributed by atoms with Crippen LogP contribution < -0.4 is 5.32 Å². The van der Waals surface area contributed by atoms with Crippen LogP contribution in [0.5, 0.6) is 0 Å². The second-order valence-corrected chi connectivity index (χ2v) is 6.87. The van der Waals surface area contributed by atoms with Gasteiger partial charge in [0.15, 0.2) is 5.96 Å². The number of carbonyl (C=O) groups excluding carboxylic acids is 1. The van der Waals surface area contributed by atoms with Crippen LogP contribution in [-0.4, -0.2) is 49.4 Å². The normalized spacial score (nSPS) is 11.1. The first-order valence-corrected chi connectivity index (χ1v) is 9.24. The molecule has 7 heteroatoms. The van der Waals surface area contributed by atoms with Crippen LogP contribution in [0.3, 0.4) is 0 Å². The Labute approximate surface area is 188 Å². The van der Waals surface area contributed by atoms with Gasteiger partial charge in [0.05, 0.1) is 19.6 Å². The average molecular weight is 506 g/mol. The largest absolute Gasteiger partial charge is 0.459 e. The maximum Gasteiger partial charge on any atom is 0.241 e. The minimum atomic E-state index is -0.00968.